The van der Waals surface area contributed by atoms with Crippen LogP contribution in [0.2, 0.25) is 0 Å². The lowest BCUT2D eigenvalue weighted by Gasteiger charge is -2.12. The van der Waals surface area contributed by atoms with E-state index in [1.807, 2.05) is 42.5 Å². The van der Waals surface area contributed by atoms with E-state index >= 15 is 0 Å². The maximum absolute atomic E-state index is 13.2. The zero-order chi connectivity index (χ0) is 22.0. The predicted octanol–water partition coefficient (Wildman–Crippen LogP) is 2.56. The Bertz CT molecular complexity index is 1400. The van der Waals surface area contributed by atoms with Crippen LogP contribution in [-0.4, -0.2) is 27.4 Å². The maximum atomic E-state index is 13.2. The molecule has 4 aromatic rings. The van der Waals surface area contributed by atoms with E-state index in [1.165, 1.54) is 14.0 Å². The summed E-state index contributed by atoms with van der Waals surface area (Å²) in [5, 5.41) is 8.81. The second kappa shape index (κ2) is 8.27. The first-order chi connectivity index (χ1) is 15.0. The lowest BCUT2D eigenvalue weighted by atomic mass is 10.1. The average molecular weight is 416 g/mol. The topological polar surface area (TPSA) is 95.2 Å². The SMILES string of the molecule is COc1nn(-c2cccc(NC(C)=O)c2)c(=O)n(Cc2ccc3ccccc3c2)c1=O. The number of carbonyl (C=O) groups excluding carboxylic acids is 1. The molecule has 1 heterocycles. The Hall–Kier alpha value is -4.20. The molecule has 156 valence electrons. The van der Waals surface area contributed by atoms with E-state index in [-0.39, 0.29) is 18.3 Å². The van der Waals surface area contributed by atoms with Crippen molar-refractivity contribution in [3.8, 4) is 11.6 Å². The van der Waals surface area contributed by atoms with E-state index in [2.05, 4.69) is 10.4 Å². The number of methoxy groups -OCH3 is 1. The van der Waals surface area contributed by atoms with Gasteiger partial charge in [-0.2, -0.15) is 4.68 Å². The largest absolute Gasteiger partial charge is 0.476 e. The van der Waals surface area contributed by atoms with Crippen LogP contribution in [0.1, 0.15) is 12.5 Å². The molecule has 0 unspecified atom stereocenters. The van der Waals surface area contributed by atoms with Crippen molar-refractivity contribution in [1.82, 2.24) is 14.3 Å². The molecule has 0 atom stereocenters. The highest BCUT2D eigenvalue weighted by molar-refractivity contribution is 5.88. The molecule has 3 aromatic carbocycles. The molecule has 0 aliphatic rings. The lowest BCUT2D eigenvalue weighted by molar-refractivity contribution is -0.114. The van der Waals surface area contributed by atoms with Crippen molar-refractivity contribution in [1.29, 1.82) is 0 Å². The number of hydrogen-bond acceptors (Lipinski definition) is 5. The second-order valence-electron chi connectivity index (χ2n) is 7.01. The fraction of sp³-hybridized carbons (Fsp3) is 0.130. The van der Waals surface area contributed by atoms with Crippen molar-refractivity contribution in [2.75, 3.05) is 12.4 Å². The summed E-state index contributed by atoms with van der Waals surface area (Å²) >= 11 is 0. The van der Waals surface area contributed by atoms with E-state index in [4.69, 9.17) is 4.74 Å². The van der Waals surface area contributed by atoms with Crippen LogP contribution >= 0.6 is 0 Å². The first-order valence-corrected chi connectivity index (χ1v) is 9.60. The van der Waals surface area contributed by atoms with Crippen molar-refractivity contribution in [3.05, 3.63) is 93.1 Å². The minimum atomic E-state index is -0.616. The molecular weight excluding hydrogens is 396 g/mol. The van der Waals surface area contributed by atoms with Crippen molar-refractivity contribution in [3.63, 3.8) is 0 Å². The third-order valence-corrected chi connectivity index (χ3v) is 4.79. The minimum absolute atomic E-state index is 0.0623. The van der Waals surface area contributed by atoms with Crippen LogP contribution in [0.5, 0.6) is 5.88 Å². The number of nitrogens with one attached hydrogen (secondary N) is 1. The van der Waals surface area contributed by atoms with Crippen molar-refractivity contribution >= 4 is 22.4 Å². The molecule has 0 saturated carbocycles. The zero-order valence-electron chi connectivity index (χ0n) is 17.0. The average Bonchev–Trinajstić information content (AvgIpc) is 2.76. The molecule has 4 rings (SSSR count). The Morgan fingerprint density at radius 3 is 2.52 bits per heavy atom. The van der Waals surface area contributed by atoms with Crippen LogP contribution in [0, 0.1) is 0 Å². The van der Waals surface area contributed by atoms with Crippen LogP contribution < -0.4 is 21.3 Å². The van der Waals surface area contributed by atoms with Gasteiger partial charge in [-0.15, -0.1) is 5.10 Å². The number of rotatable bonds is 5. The van der Waals surface area contributed by atoms with Crippen LogP contribution in [0.25, 0.3) is 16.5 Å². The van der Waals surface area contributed by atoms with Gasteiger partial charge in [0, 0.05) is 12.6 Å². The van der Waals surface area contributed by atoms with E-state index in [0.717, 1.165) is 25.6 Å². The number of ether oxygens (including phenoxy) is 1. The third kappa shape index (κ3) is 4.09. The Labute approximate surface area is 177 Å². The summed E-state index contributed by atoms with van der Waals surface area (Å²) in [6.07, 6.45) is 0. The van der Waals surface area contributed by atoms with Gasteiger partial charge in [0.15, 0.2) is 0 Å². The molecule has 0 aliphatic heterocycles. The Morgan fingerprint density at radius 2 is 1.77 bits per heavy atom. The maximum Gasteiger partial charge on any atom is 0.352 e. The molecule has 0 fully saturated rings. The number of fused-ring (bicyclic) bond motifs is 1. The second-order valence-corrected chi connectivity index (χ2v) is 7.01. The molecule has 8 nitrogen and oxygen atoms in total. The van der Waals surface area contributed by atoms with E-state index < -0.39 is 11.2 Å². The number of amides is 1. The normalized spacial score (nSPS) is 10.8. The molecule has 31 heavy (non-hydrogen) atoms. The molecule has 0 aliphatic carbocycles. The summed E-state index contributed by atoms with van der Waals surface area (Å²) < 4.78 is 7.31. The summed E-state index contributed by atoms with van der Waals surface area (Å²) in [4.78, 5) is 37.3. The van der Waals surface area contributed by atoms with E-state index in [1.54, 1.807) is 24.3 Å². The summed E-state index contributed by atoms with van der Waals surface area (Å²) in [5.74, 6) is -0.443. The highest BCUT2D eigenvalue weighted by Crippen LogP contribution is 2.16. The monoisotopic (exact) mass is 416 g/mol. The number of hydrogen-bond donors (Lipinski definition) is 1. The number of anilines is 1. The van der Waals surface area contributed by atoms with Crippen molar-refractivity contribution in [2.45, 2.75) is 13.5 Å². The Balaban J connectivity index is 1.82. The van der Waals surface area contributed by atoms with E-state index in [9.17, 15) is 14.4 Å². The smallest absolute Gasteiger partial charge is 0.352 e. The molecule has 1 amide bonds. The highest BCUT2D eigenvalue weighted by Gasteiger charge is 2.16. The zero-order valence-corrected chi connectivity index (χ0v) is 17.0. The highest BCUT2D eigenvalue weighted by atomic mass is 16.5. The fourth-order valence-corrected chi connectivity index (χ4v) is 3.37. The molecule has 8 heteroatoms. The van der Waals surface area contributed by atoms with Gasteiger partial charge >= 0.3 is 11.2 Å². The predicted molar refractivity (Wildman–Crippen MR) is 118 cm³/mol. The van der Waals surface area contributed by atoms with Gasteiger partial charge in [0.25, 0.3) is 5.88 Å². The first-order valence-electron chi connectivity index (χ1n) is 9.60. The van der Waals surface area contributed by atoms with Gasteiger partial charge < -0.3 is 10.1 Å². The first kappa shape index (κ1) is 20.1. The van der Waals surface area contributed by atoms with Gasteiger partial charge in [-0.25, -0.2) is 9.36 Å². The quantitative estimate of drug-likeness (QED) is 0.540. The van der Waals surface area contributed by atoms with Crippen LogP contribution in [-0.2, 0) is 11.3 Å². The van der Waals surface area contributed by atoms with Crippen LogP contribution in [0.15, 0.2) is 76.3 Å². The number of benzene rings is 3. The summed E-state index contributed by atoms with van der Waals surface area (Å²) in [6, 6.07) is 20.2. The molecular formula is C23H20N4O4. The molecule has 0 bridgehead atoms. The van der Waals surface area contributed by atoms with Crippen molar-refractivity contribution in [2.24, 2.45) is 0 Å². The summed E-state index contributed by atoms with van der Waals surface area (Å²) in [5.41, 5.74) is 0.463. The van der Waals surface area contributed by atoms with Gasteiger partial charge in [0.2, 0.25) is 5.91 Å². The molecule has 1 N–H and O–H groups in total. The Kier molecular flexibility index (Phi) is 5.36. The van der Waals surface area contributed by atoms with Crippen LogP contribution in [0.3, 0.4) is 0 Å². The molecule has 0 radical (unpaired) electrons. The standard InChI is InChI=1S/C23H20N4O4/c1-15(28)24-19-8-5-9-20(13-19)27-23(30)26(22(29)21(25-27)31-2)14-16-10-11-17-6-3-4-7-18(17)12-16/h3-13H,14H2,1-2H3,(H,24,28). The summed E-state index contributed by atoms with van der Waals surface area (Å²) in [6.45, 7) is 1.45. The minimum Gasteiger partial charge on any atom is -0.476 e. The number of nitrogens with zero attached hydrogens (tertiary/aromatic N) is 3. The van der Waals surface area contributed by atoms with Crippen molar-refractivity contribution < 1.29 is 9.53 Å². The summed E-state index contributed by atoms with van der Waals surface area (Å²) in [7, 11) is 1.33. The van der Waals surface area contributed by atoms with Gasteiger partial charge in [0.1, 0.15) is 0 Å². The molecule has 0 saturated heterocycles. The molecule has 0 spiro atoms. The van der Waals surface area contributed by atoms with Crippen LogP contribution in [0.4, 0.5) is 5.69 Å². The van der Waals surface area contributed by atoms with Gasteiger partial charge in [-0.1, -0.05) is 42.5 Å². The fourth-order valence-electron chi connectivity index (χ4n) is 3.37. The van der Waals surface area contributed by atoms with Gasteiger partial charge in [0.05, 0.1) is 19.3 Å². The van der Waals surface area contributed by atoms with Gasteiger partial charge in [-0.3, -0.25) is 9.59 Å². The number of carbonyl (C=O) groups is 1. The lowest BCUT2D eigenvalue weighted by Crippen LogP contribution is -2.41. The molecule has 1 aromatic heterocycles. The third-order valence-electron chi connectivity index (χ3n) is 4.79. The number of aromatic nitrogens is 3. The van der Waals surface area contributed by atoms with E-state index in [0.29, 0.717) is 11.4 Å². The van der Waals surface area contributed by atoms with Gasteiger partial charge in [-0.05, 0) is 40.6 Å². The Morgan fingerprint density at radius 1 is 1.00 bits per heavy atom.